The highest BCUT2D eigenvalue weighted by atomic mass is 35.5. The van der Waals surface area contributed by atoms with Gasteiger partial charge in [-0.15, -0.1) is 0 Å². The average Bonchev–Trinajstić information content (AvgIpc) is 3.49. The molecule has 34 heavy (non-hydrogen) atoms. The van der Waals surface area contributed by atoms with Crippen molar-refractivity contribution in [2.75, 3.05) is 18.0 Å². The lowest BCUT2D eigenvalue weighted by molar-refractivity contribution is 0.264. The van der Waals surface area contributed by atoms with Crippen molar-refractivity contribution in [3.8, 4) is 0 Å². The van der Waals surface area contributed by atoms with Crippen molar-refractivity contribution < 1.29 is 0 Å². The average molecular weight is 493 g/mol. The van der Waals surface area contributed by atoms with Crippen LogP contribution < -0.4 is 4.90 Å². The second-order valence-corrected chi connectivity index (χ2v) is 11.0. The van der Waals surface area contributed by atoms with Gasteiger partial charge in [0.2, 0.25) is 0 Å². The van der Waals surface area contributed by atoms with Crippen LogP contribution in [-0.2, 0) is 6.42 Å². The Balaban J connectivity index is 1.35. The van der Waals surface area contributed by atoms with E-state index < -0.39 is 0 Å². The Morgan fingerprint density at radius 2 is 1.97 bits per heavy atom. The molecule has 0 spiro atoms. The van der Waals surface area contributed by atoms with E-state index in [1.807, 2.05) is 24.4 Å². The number of nitrogens with one attached hydrogen (secondary N) is 1. The number of nitrogens with zero attached hydrogens (tertiary/aromatic N) is 5. The Hall–Kier alpha value is -2.38. The van der Waals surface area contributed by atoms with E-state index in [4.69, 9.17) is 21.6 Å². The summed E-state index contributed by atoms with van der Waals surface area (Å²) in [6, 6.07) is 5.93. The Bertz CT molecular complexity index is 1330. The lowest BCUT2D eigenvalue weighted by Gasteiger charge is -2.27. The van der Waals surface area contributed by atoms with Crippen LogP contribution in [0.15, 0.2) is 40.6 Å². The number of aromatic nitrogens is 5. The number of fused-ring (bicyclic) bond motifs is 2. The Kier molecular flexibility index (Phi) is 6.08. The third-order valence-electron chi connectivity index (χ3n) is 7.45. The van der Waals surface area contributed by atoms with Gasteiger partial charge >= 0.3 is 0 Å². The molecule has 2 aliphatic rings. The molecular weight excluding hydrogens is 464 g/mol. The molecule has 2 fully saturated rings. The second kappa shape index (κ2) is 9.34. The van der Waals surface area contributed by atoms with Crippen LogP contribution in [0.2, 0.25) is 5.02 Å². The maximum atomic E-state index is 6.84. The van der Waals surface area contributed by atoms with E-state index in [2.05, 4.69) is 26.8 Å². The van der Waals surface area contributed by atoms with Gasteiger partial charge in [-0.1, -0.05) is 50.6 Å². The topological polar surface area (TPSA) is 70.6 Å². The van der Waals surface area contributed by atoms with E-state index in [0.29, 0.717) is 5.16 Å². The first-order valence-corrected chi connectivity index (χ1v) is 13.6. The fourth-order valence-electron chi connectivity index (χ4n) is 5.65. The van der Waals surface area contributed by atoms with Crippen LogP contribution in [-0.4, -0.2) is 38.0 Å². The number of anilines is 1. The molecule has 0 bridgehead atoms. The summed E-state index contributed by atoms with van der Waals surface area (Å²) in [5.41, 5.74) is 3.61. The number of rotatable bonds is 5. The molecule has 5 heterocycles. The van der Waals surface area contributed by atoms with Crippen molar-refractivity contribution in [1.29, 1.82) is 0 Å². The zero-order chi connectivity index (χ0) is 23.1. The van der Waals surface area contributed by atoms with Gasteiger partial charge < -0.3 is 9.88 Å². The molecule has 0 aromatic carbocycles. The summed E-state index contributed by atoms with van der Waals surface area (Å²) >= 11 is 8.37. The van der Waals surface area contributed by atoms with Gasteiger partial charge in [-0.25, -0.2) is 9.97 Å². The monoisotopic (exact) mass is 492 g/mol. The molecule has 1 aliphatic heterocycles. The lowest BCUT2D eigenvalue weighted by Crippen LogP contribution is -2.25. The molecule has 0 unspecified atom stereocenters. The Labute approximate surface area is 208 Å². The van der Waals surface area contributed by atoms with Gasteiger partial charge in [0, 0.05) is 36.1 Å². The van der Waals surface area contributed by atoms with Gasteiger partial charge in [0.15, 0.2) is 5.16 Å². The molecule has 4 aromatic heterocycles. The summed E-state index contributed by atoms with van der Waals surface area (Å²) in [6.07, 6.45) is 12.7. The summed E-state index contributed by atoms with van der Waals surface area (Å²) in [5, 5.41) is 2.44. The molecule has 8 heteroatoms. The number of halogens is 1. The zero-order valence-corrected chi connectivity index (χ0v) is 21.0. The van der Waals surface area contributed by atoms with E-state index >= 15 is 0 Å². The van der Waals surface area contributed by atoms with Gasteiger partial charge in [-0.3, -0.25) is 9.97 Å². The van der Waals surface area contributed by atoms with E-state index in [-0.39, 0.29) is 0 Å². The summed E-state index contributed by atoms with van der Waals surface area (Å²) in [6.45, 7) is 4.20. The molecule has 1 atom stereocenters. The van der Waals surface area contributed by atoms with Crippen LogP contribution >= 0.6 is 23.4 Å². The molecule has 176 valence electrons. The lowest BCUT2D eigenvalue weighted by atomic mass is 9.80. The third kappa shape index (κ3) is 4.13. The van der Waals surface area contributed by atoms with Crippen molar-refractivity contribution in [1.82, 2.24) is 24.9 Å². The first-order chi connectivity index (χ1) is 16.7. The van der Waals surface area contributed by atoms with Gasteiger partial charge in [0.25, 0.3) is 0 Å². The highest BCUT2D eigenvalue weighted by molar-refractivity contribution is 7.99. The van der Waals surface area contributed by atoms with Crippen LogP contribution in [0.5, 0.6) is 0 Å². The quantitative estimate of drug-likeness (QED) is 0.313. The fraction of sp³-hybridized carbons (Fsp3) is 0.462. The largest absolute Gasteiger partial charge is 0.356 e. The highest BCUT2D eigenvalue weighted by Gasteiger charge is 2.32. The summed E-state index contributed by atoms with van der Waals surface area (Å²) in [4.78, 5) is 25.8. The maximum Gasteiger partial charge on any atom is 0.196 e. The van der Waals surface area contributed by atoms with Crippen molar-refractivity contribution in [2.24, 2.45) is 11.8 Å². The highest BCUT2D eigenvalue weighted by Crippen LogP contribution is 2.41. The van der Waals surface area contributed by atoms with Crippen LogP contribution in [0.25, 0.3) is 22.1 Å². The summed E-state index contributed by atoms with van der Waals surface area (Å²) < 4.78 is 0. The number of aromatic amines is 1. The minimum absolute atomic E-state index is 0.710. The van der Waals surface area contributed by atoms with E-state index in [0.717, 1.165) is 74.8 Å². The van der Waals surface area contributed by atoms with Crippen LogP contribution in [0, 0.1) is 11.8 Å². The number of aryl methyl sites for hydroxylation is 1. The van der Waals surface area contributed by atoms with E-state index in [1.165, 1.54) is 50.3 Å². The van der Waals surface area contributed by atoms with E-state index in [1.54, 1.807) is 6.20 Å². The summed E-state index contributed by atoms with van der Waals surface area (Å²) in [7, 11) is 0. The first kappa shape index (κ1) is 22.1. The van der Waals surface area contributed by atoms with E-state index in [9.17, 15) is 0 Å². The number of hydrogen-bond donors (Lipinski definition) is 1. The first-order valence-electron chi connectivity index (χ1n) is 12.4. The SMILES string of the molecule is CCc1[nH]c2nc(Sc3cnc4cccnc4c3)nc(N3CC[C@@H](C4CCCCC4)C3)c2c1Cl. The predicted molar refractivity (Wildman–Crippen MR) is 139 cm³/mol. The fourth-order valence-corrected chi connectivity index (χ4v) is 6.76. The minimum Gasteiger partial charge on any atom is -0.356 e. The van der Waals surface area contributed by atoms with Gasteiger partial charge in [0.1, 0.15) is 11.5 Å². The molecule has 1 N–H and O–H groups in total. The molecule has 1 saturated heterocycles. The molecule has 1 aliphatic carbocycles. The summed E-state index contributed by atoms with van der Waals surface area (Å²) in [5.74, 6) is 2.58. The molecule has 0 amide bonds. The molecule has 0 radical (unpaired) electrons. The van der Waals surface area contributed by atoms with Crippen molar-refractivity contribution in [2.45, 2.75) is 61.9 Å². The van der Waals surface area contributed by atoms with Crippen molar-refractivity contribution in [3.63, 3.8) is 0 Å². The normalized spacial score (nSPS) is 19.5. The number of pyridine rings is 2. The van der Waals surface area contributed by atoms with Gasteiger partial charge in [-0.05, 0) is 54.6 Å². The van der Waals surface area contributed by atoms with Crippen LogP contribution in [0.3, 0.4) is 0 Å². The molecule has 1 saturated carbocycles. The van der Waals surface area contributed by atoms with Crippen LogP contribution in [0.4, 0.5) is 5.82 Å². The van der Waals surface area contributed by atoms with Gasteiger partial charge in [0.05, 0.1) is 21.4 Å². The molecule has 6 nitrogen and oxygen atoms in total. The third-order valence-corrected chi connectivity index (χ3v) is 8.69. The number of H-pyrrole nitrogens is 1. The predicted octanol–water partition coefficient (Wildman–Crippen LogP) is 6.67. The molecule has 4 aromatic rings. The molecular formula is C26H29ClN6S. The van der Waals surface area contributed by atoms with Gasteiger partial charge in [-0.2, -0.15) is 0 Å². The minimum atomic E-state index is 0.710. The Morgan fingerprint density at radius 3 is 2.82 bits per heavy atom. The number of hydrogen-bond acceptors (Lipinski definition) is 6. The van der Waals surface area contributed by atoms with Crippen molar-refractivity contribution >= 4 is 51.2 Å². The maximum absolute atomic E-state index is 6.84. The molecule has 6 rings (SSSR count). The Morgan fingerprint density at radius 1 is 1.09 bits per heavy atom. The van der Waals surface area contributed by atoms with Crippen molar-refractivity contribution in [3.05, 3.63) is 41.3 Å². The smallest absolute Gasteiger partial charge is 0.196 e. The standard InChI is InChI=1S/C26H29ClN6S/c1-2-19-23(27)22-24(30-19)31-26(34-18-13-21-20(29-14-18)9-6-11-28-21)32-25(22)33-12-10-17(15-33)16-7-4-3-5-8-16/h6,9,11,13-14,16-17H,2-5,7-8,10,12,15H2,1H3,(H,30,31,32)/t17-/m1/s1. The zero-order valence-electron chi connectivity index (χ0n) is 19.4. The van der Waals surface area contributed by atoms with Crippen LogP contribution in [0.1, 0.15) is 51.1 Å². The second-order valence-electron chi connectivity index (χ2n) is 9.53.